The van der Waals surface area contributed by atoms with Gasteiger partial charge in [-0.3, -0.25) is 0 Å². The average Bonchev–Trinajstić information content (AvgIpc) is 2.86. The molecule has 0 fully saturated rings. The number of halogens is 3. The molecule has 0 aromatic heterocycles. The maximum absolute atomic E-state index is 6.41. The summed E-state index contributed by atoms with van der Waals surface area (Å²) in [7, 11) is 12.8. The third-order valence-electron chi connectivity index (χ3n) is 3.94. The van der Waals surface area contributed by atoms with Crippen molar-refractivity contribution < 1.29 is 19.4 Å². The Morgan fingerprint density at radius 2 is 1.71 bits per heavy atom. The van der Waals surface area contributed by atoms with Gasteiger partial charge in [0, 0.05) is 0 Å². The van der Waals surface area contributed by atoms with E-state index in [1.54, 1.807) is 0 Å². The first-order chi connectivity index (χ1) is 10.1. The number of allylic oxidation sites excluding steroid dienone is 1. The van der Waals surface area contributed by atoms with Crippen LogP contribution in [0.15, 0.2) is 48.0 Å². The van der Waals surface area contributed by atoms with Crippen LogP contribution in [0.5, 0.6) is 0 Å². The number of benzene rings is 2. The molecular weight excluding hydrogens is 402 g/mol. The van der Waals surface area contributed by atoms with E-state index in [9.17, 15) is 0 Å². The molecule has 107 valence electrons. The molecule has 0 N–H and O–H groups in total. The van der Waals surface area contributed by atoms with Crippen LogP contribution in [0.3, 0.4) is 0 Å². The van der Waals surface area contributed by atoms with Crippen LogP contribution in [0.4, 0.5) is 0 Å². The Kier molecular flexibility index (Phi) is 4.96. The Morgan fingerprint density at radius 1 is 1.00 bits per heavy atom. The van der Waals surface area contributed by atoms with Crippen LogP contribution in [-0.2, 0) is 19.4 Å². The average molecular weight is 416 g/mol. The first-order valence-corrected chi connectivity index (χ1v) is 15.0. The van der Waals surface area contributed by atoms with Crippen LogP contribution in [0.2, 0.25) is 5.02 Å². The molecule has 2 aromatic rings. The van der Waals surface area contributed by atoms with Crippen molar-refractivity contribution >= 4 is 34.7 Å². The van der Waals surface area contributed by atoms with Gasteiger partial charge in [0.05, 0.1) is 0 Å². The van der Waals surface area contributed by atoms with Gasteiger partial charge in [0.1, 0.15) is 0 Å². The molecule has 0 heterocycles. The quantitative estimate of drug-likeness (QED) is 0.518. The molecule has 0 spiro atoms. The van der Waals surface area contributed by atoms with Crippen molar-refractivity contribution in [3.05, 3.63) is 64.2 Å². The monoisotopic (exact) mass is 413 g/mol. The molecule has 1 unspecified atom stereocenters. The second-order valence-electron chi connectivity index (χ2n) is 5.08. The molecule has 0 nitrogen and oxygen atoms in total. The van der Waals surface area contributed by atoms with Crippen molar-refractivity contribution in [2.75, 3.05) is 0 Å². The van der Waals surface area contributed by atoms with Crippen molar-refractivity contribution in [3.63, 3.8) is 0 Å². The zero-order valence-corrected chi connectivity index (χ0v) is 16.3. The standard InChI is InChI=1S/C17H14Cl.2ClH.Zr/c1-2-12-10-13-6-5-8-14(16(13)11-12)15-7-3-4-9-17(15)18;;;/h3-11H,2H2,1H3;2*1H;/q;;;+2/p-2. The third kappa shape index (κ3) is 2.91. The Labute approximate surface area is 145 Å². The molecule has 3 rings (SSSR count). The summed E-state index contributed by atoms with van der Waals surface area (Å²) in [5.41, 5.74) is 6.13. The topological polar surface area (TPSA) is 0 Å². The van der Waals surface area contributed by atoms with Crippen molar-refractivity contribution in [1.82, 2.24) is 0 Å². The SMILES string of the molecule is CCC1=Cc2c(-c3ccccc3Cl)cccc2[CH]1[Zr]([Cl])[Cl]. The van der Waals surface area contributed by atoms with Crippen molar-refractivity contribution in [1.29, 1.82) is 0 Å². The van der Waals surface area contributed by atoms with Crippen LogP contribution in [0.1, 0.15) is 28.1 Å². The predicted molar refractivity (Wildman–Crippen MR) is 89.6 cm³/mol. The second kappa shape index (κ2) is 6.59. The van der Waals surface area contributed by atoms with E-state index < -0.39 is 19.4 Å². The van der Waals surface area contributed by atoms with Crippen LogP contribution < -0.4 is 0 Å². The van der Waals surface area contributed by atoms with Crippen LogP contribution in [-0.4, -0.2) is 0 Å². The number of rotatable bonds is 3. The van der Waals surface area contributed by atoms with E-state index in [0.717, 1.165) is 17.0 Å². The van der Waals surface area contributed by atoms with E-state index in [1.807, 2.05) is 18.2 Å². The Balaban J connectivity index is 2.20. The van der Waals surface area contributed by atoms with Crippen molar-refractivity contribution in [3.8, 4) is 11.1 Å². The fraction of sp³-hybridized carbons (Fsp3) is 0.176. The normalized spacial score (nSPS) is 16.6. The van der Waals surface area contributed by atoms with Crippen LogP contribution >= 0.6 is 28.6 Å². The zero-order valence-electron chi connectivity index (χ0n) is 11.5. The molecular formula is C17H14Cl3Zr. The zero-order chi connectivity index (χ0) is 15.0. The van der Waals surface area contributed by atoms with Gasteiger partial charge in [0.25, 0.3) is 0 Å². The summed E-state index contributed by atoms with van der Waals surface area (Å²) in [6.07, 6.45) is 3.26. The van der Waals surface area contributed by atoms with E-state index in [1.165, 1.54) is 22.3 Å². The second-order valence-corrected chi connectivity index (χ2v) is 14.3. The van der Waals surface area contributed by atoms with E-state index in [-0.39, 0.29) is 3.63 Å². The molecule has 2 aromatic carbocycles. The number of hydrogen-bond donors (Lipinski definition) is 0. The first-order valence-electron chi connectivity index (χ1n) is 6.89. The molecule has 1 aliphatic carbocycles. The fourth-order valence-electron chi connectivity index (χ4n) is 2.94. The van der Waals surface area contributed by atoms with E-state index in [2.05, 4.69) is 37.3 Å². The van der Waals surface area contributed by atoms with Gasteiger partial charge in [-0.1, -0.05) is 0 Å². The molecule has 0 saturated carbocycles. The summed E-state index contributed by atoms with van der Waals surface area (Å²) in [6, 6.07) is 14.3. The molecule has 0 aliphatic heterocycles. The van der Waals surface area contributed by atoms with Gasteiger partial charge >= 0.3 is 146 Å². The van der Waals surface area contributed by atoms with Crippen LogP contribution in [0, 0.1) is 0 Å². The van der Waals surface area contributed by atoms with Gasteiger partial charge < -0.3 is 0 Å². The predicted octanol–water partition coefficient (Wildman–Crippen LogP) is 6.78. The van der Waals surface area contributed by atoms with E-state index >= 15 is 0 Å². The van der Waals surface area contributed by atoms with Gasteiger partial charge in [0.15, 0.2) is 0 Å². The molecule has 21 heavy (non-hydrogen) atoms. The summed E-state index contributed by atoms with van der Waals surface area (Å²) in [6.45, 7) is 2.17. The minimum absolute atomic E-state index is 0.276. The van der Waals surface area contributed by atoms with Crippen LogP contribution in [0.25, 0.3) is 17.2 Å². The summed E-state index contributed by atoms with van der Waals surface area (Å²) in [5, 5.41) is 0.774. The minimum atomic E-state index is -2.40. The van der Waals surface area contributed by atoms with Crippen molar-refractivity contribution in [2.24, 2.45) is 0 Å². The number of hydrogen-bond acceptors (Lipinski definition) is 0. The molecule has 0 bridgehead atoms. The van der Waals surface area contributed by atoms with E-state index in [4.69, 9.17) is 28.6 Å². The van der Waals surface area contributed by atoms with Crippen molar-refractivity contribution in [2.45, 2.75) is 17.0 Å². The summed E-state index contributed by atoms with van der Waals surface area (Å²) in [5.74, 6) is 0. The number of fused-ring (bicyclic) bond motifs is 1. The molecule has 1 atom stereocenters. The summed E-state index contributed by atoms with van der Waals surface area (Å²) >= 11 is 3.97. The summed E-state index contributed by atoms with van der Waals surface area (Å²) in [4.78, 5) is 0. The van der Waals surface area contributed by atoms with Gasteiger partial charge in [-0.05, 0) is 0 Å². The van der Waals surface area contributed by atoms with E-state index in [0.29, 0.717) is 0 Å². The van der Waals surface area contributed by atoms with Gasteiger partial charge in [-0.25, -0.2) is 0 Å². The summed E-state index contributed by atoms with van der Waals surface area (Å²) < 4.78 is 0.276. The Bertz CT molecular complexity index is 707. The Hall–Kier alpha value is -0.0669. The molecule has 0 saturated heterocycles. The van der Waals surface area contributed by atoms with Gasteiger partial charge in [-0.2, -0.15) is 0 Å². The maximum atomic E-state index is 6.41. The Morgan fingerprint density at radius 3 is 2.38 bits per heavy atom. The molecule has 0 amide bonds. The molecule has 4 heteroatoms. The third-order valence-corrected chi connectivity index (χ3v) is 9.60. The molecule has 0 radical (unpaired) electrons. The fourth-order valence-corrected chi connectivity index (χ4v) is 8.82. The van der Waals surface area contributed by atoms with Gasteiger partial charge in [-0.15, -0.1) is 0 Å². The van der Waals surface area contributed by atoms with Gasteiger partial charge in [0.2, 0.25) is 0 Å². The molecule has 1 aliphatic rings. The first kappa shape index (κ1) is 15.8.